The smallest absolute Gasteiger partial charge is 0.303 e. The molecule has 0 bridgehead atoms. The first-order chi connectivity index (χ1) is 10.8. The molecule has 0 spiro atoms. The summed E-state index contributed by atoms with van der Waals surface area (Å²) in [4.78, 5) is 35.9. The van der Waals surface area contributed by atoms with Crippen molar-refractivity contribution in [2.24, 2.45) is 0 Å². The normalized spacial score (nSPS) is 17.7. The zero-order chi connectivity index (χ0) is 17.1. The van der Waals surface area contributed by atoms with Gasteiger partial charge in [0, 0.05) is 13.0 Å². The van der Waals surface area contributed by atoms with Crippen LogP contribution in [-0.2, 0) is 14.4 Å². The van der Waals surface area contributed by atoms with Crippen LogP contribution in [0.2, 0.25) is 0 Å². The van der Waals surface area contributed by atoms with E-state index in [1.165, 1.54) is 36.1 Å². The molecule has 6 nitrogen and oxygen atoms in total. The summed E-state index contributed by atoms with van der Waals surface area (Å²) >= 11 is 0. The Hall–Kier alpha value is -2.70. The van der Waals surface area contributed by atoms with E-state index < -0.39 is 35.3 Å². The number of hydrogen-bond acceptors (Lipinski definition) is 4. The van der Waals surface area contributed by atoms with E-state index in [9.17, 15) is 23.9 Å². The molecule has 1 aliphatic rings. The van der Waals surface area contributed by atoms with Crippen molar-refractivity contribution < 1.29 is 29.0 Å². The molecule has 0 aliphatic carbocycles. The number of hydrogen-bond donors (Lipinski definition) is 2. The molecule has 122 valence electrons. The molecule has 1 heterocycles. The molecule has 1 amide bonds. The van der Waals surface area contributed by atoms with Crippen LogP contribution in [0.5, 0.6) is 0 Å². The number of benzene rings is 1. The predicted molar refractivity (Wildman–Crippen MR) is 78.1 cm³/mol. The third-order valence-corrected chi connectivity index (χ3v) is 3.66. The summed E-state index contributed by atoms with van der Waals surface area (Å²) in [5, 5.41) is 18.7. The highest BCUT2D eigenvalue weighted by Crippen LogP contribution is 2.37. The third kappa shape index (κ3) is 3.39. The maximum Gasteiger partial charge on any atom is 0.303 e. The van der Waals surface area contributed by atoms with Crippen LogP contribution in [0, 0.1) is 5.82 Å². The second kappa shape index (κ2) is 6.60. The molecule has 0 unspecified atom stereocenters. The van der Waals surface area contributed by atoms with Gasteiger partial charge in [0.25, 0.3) is 5.91 Å². The molecule has 0 aromatic heterocycles. The molecule has 1 aromatic carbocycles. The van der Waals surface area contributed by atoms with Gasteiger partial charge in [-0.2, -0.15) is 0 Å². The van der Waals surface area contributed by atoms with Gasteiger partial charge in [-0.25, -0.2) is 4.39 Å². The van der Waals surface area contributed by atoms with Crippen molar-refractivity contribution >= 4 is 17.7 Å². The number of carbonyl (C=O) groups is 3. The first kappa shape index (κ1) is 16.7. The number of amides is 1. The van der Waals surface area contributed by atoms with Crippen molar-refractivity contribution in [1.29, 1.82) is 0 Å². The zero-order valence-electron chi connectivity index (χ0n) is 12.5. The Morgan fingerprint density at radius 1 is 1.26 bits per heavy atom. The Kier molecular flexibility index (Phi) is 4.78. The average Bonchev–Trinajstić information content (AvgIpc) is 2.72. The lowest BCUT2D eigenvalue weighted by Crippen LogP contribution is -2.32. The molecule has 1 aromatic rings. The van der Waals surface area contributed by atoms with Gasteiger partial charge >= 0.3 is 5.97 Å². The van der Waals surface area contributed by atoms with E-state index in [1.807, 2.05) is 0 Å². The summed E-state index contributed by atoms with van der Waals surface area (Å²) in [5.41, 5.74) is 0.418. The number of aliphatic hydroxyl groups is 1. The number of nitrogens with zero attached hydrogens (tertiary/aromatic N) is 1. The molecule has 0 radical (unpaired) electrons. The van der Waals surface area contributed by atoms with E-state index in [0.29, 0.717) is 5.56 Å². The van der Waals surface area contributed by atoms with E-state index in [1.54, 1.807) is 0 Å². The van der Waals surface area contributed by atoms with Gasteiger partial charge in [0.1, 0.15) is 5.82 Å². The van der Waals surface area contributed by atoms with Crippen molar-refractivity contribution in [1.82, 2.24) is 4.90 Å². The van der Waals surface area contributed by atoms with Crippen molar-refractivity contribution in [3.8, 4) is 0 Å². The first-order valence-corrected chi connectivity index (χ1v) is 7.05. The number of ketones is 1. The summed E-state index contributed by atoms with van der Waals surface area (Å²) in [6.45, 7) is 1.30. The standard InChI is InChI=1S/C16H16FNO5/c1-9(19)13-14(10-4-6-11(17)7-5-10)18(16(23)15(13)22)8-2-3-12(20)21/h4-7,14,22H,2-3,8H2,1H3,(H,20,21)/t14-/m1/s1. The Bertz CT molecular complexity index is 680. The number of aliphatic hydroxyl groups excluding tert-OH is 1. The predicted octanol–water partition coefficient (Wildman–Crippen LogP) is 1.97. The van der Waals surface area contributed by atoms with Crippen LogP contribution in [-0.4, -0.2) is 39.3 Å². The highest BCUT2D eigenvalue weighted by molar-refractivity contribution is 6.08. The lowest BCUT2D eigenvalue weighted by Gasteiger charge is -2.26. The number of halogens is 1. The fourth-order valence-corrected chi connectivity index (χ4v) is 2.64. The number of carboxylic acid groups (broad SMARTS) is 1. The molecule has 2 N–H and O–H groups in total. The minimum absolute atomic E-state index is 0.0584. The highest BCUT2D eigenvalue weighted by atomic mass is 19.1. The topological polar surface area (TPSA) is 94.9 Å². The molecular formula is C16H16FNO5. The molecule has 2 rings (SSSR count). The molecule has 0 fully saturated rings. The number of rotatable bonds is 6. The highest BCUT2D eigenvalue weighted by Gasteiger charge is 2.41. The Balaban J connectivity index is 2.36. The lowest BCUT2D eigenvalue weighted by atomic mass is 9.96. The average molecular weight is 321 g/mol. The minimum atomic E-state index is -1.00. The Morgan fingerprint density at radius 2 is 1.87 bits per heavy atom. The summed E-state index contributed by atoms with van der Waals surface area (Å²) in [6.07, 6.45) is 0.0350. The van der Waals surface area contributed by atoms with Gasteiger partial charge in [-0.3, -0.25) is 14.4 Å². The molecule has 0 saturated heterocycles. The number of carboxylic acids is 1. The van der Waals surface area contributed by atoms with E-state index in [4.69, 9.17) is 5.11 Å². The molecule has 23 heavy (non-hydrogen) atoms. The van der Waals surface area contributed by atoms with E-state index in [0.717, 1.165) is 0 Å². The second-order valence-corrected chi connectivity index (χ2v) is 5.27. The van der Waals surface area contributed by atoms with Gasteiger partial charge in [-0.15, -0.1) is 0 Å². The molecule has 1 atom stereocenters. The number of carbonyl (C=O) groups excluding carboxylic acids is 2. The number of Topliss-reactive ketones (excluding diaryl/α,β-unsaturated/α-hetero) is 1. The van der Waals surface area contributed by atoms with Gasteiger partial charge in [0.2, 0.25) is 0 Å². The molecule has 7 heteroatoms. The van der Waals surface area contributed by atoms with Crippen molar-refractivity contribution in [2.45, 2.75) is 25.8 Å². The summed E-state index contributed by atoms with van der Waals surface area (Å²) in [5.74, 6) is -3.30. The monoisotopic (exact) mass is 321 g/mol. The SMILES string of the molecule is CC(=O)C1=C(O)C(=O)N(CCCC(=O)O)[C@@H]1c1ccc(F)cc1. The van der Waals surface area contributed by atoms with Gasteiger partial charge in [0.05, 0.1) is 11.6 Å². The van der Waals surface area contributed by atoms with Crippen LogP contribution >= 0.6 is 0 Å². The fraction of sp³-hybridized carbons (Fsp3) is 0.312. The van der Waals surface area contributed by atoms with Crippen LogP contribution in [0.25, 0.3) is 0 Å². The second-order valence-electron chi connectivity index (χ2n) is 5.27. The summed E-state index contributed by atoms with van der Waals surface area (Å²) in [7, 11) is 0. The minimum Gasteiger partial charge on any atom is -0.503 e. The van der Waals surface area contributed by atoms with Crippen molar-refractivity contribution in [2.75, 3.05) is 6.54 Å². The van der Waals surface area contributed by atoms with Crippen LogP contribution in [0.4, 0.5) is 4.39 Å². The molecular weight excluding hydrogens is 305 g/mol. The summed E-state index contributed by atoms with van der Waals surface area (Å²) < 4.78 is 13.1. The van der Waals surface area contributed by atoms with Crippen LogP contribution in [0.15, 0.2) is 35.6 Å². The van der Waals surface area contributed by atoms with Gasteiger partial charge in [-0.05, 0) is 31.0 Å². The third-order valence-electron chi connectivity index (χ3n) is 3.66. The van der Waals surface area contributed by atoms with Gasteiger partial charge < -0.3 is 15.1 Å². The lowest BCUT2D eigenvalue weighted by molar-refractivity contribution is -0.138. The van der Waals surface area contributed by atoms with Gasteiger partial charge in [-0.1, -0.05) is 12.1 Å². The van der Waals surface area contributed by atoms with Gasteiger partial charge in [0.15, 0.2) is 11.5 Å². The fourth-order valence-electron chi connectivity index (χ4n) is 2.64. The zero-order valence-corrected chi connectivity index (χ0v) is 12.5. The maximum atomic E-state index is 13.1. The Morgan fingerprint density at radius 3 is 2.39 bits per heavy atom. The molecule has 1 aliphatic heterocycles. The maximum absolute atomic E-state index is 13.1. The van der Waals surface area contributed by atoms with Crippen LogP contribution in [0.3, 0.4) is 0 Å². The van der Waals surface area contributed by atoms with Crippen LogP contribution < -0.4 is 0 Å². The summed E-state index contributed by atoms with van der Waals surface area (Å²) in [6, 6.07) is 4.41. The van der Waals surface area contributed by atoms with Crippen molar-refractivity contribution in [3.63, 3.8) is 0 Å². The first-order valence-electron chi connectivity index (χ1n) is 7.05. The quantitative estimate of drug-likeness (QED) is 0.835. The Labute approximate surface area is 131 Å². The number of aliphatic carboxylic acids is 1. The van der Waals surface area contributed by atoms with Crippen molar-refractivity contribution in [3.05, 3.63) is 47.0 Å². The van der Waals surface area contributed by atoms with Crippen LogP contribution in [0.1, 0.15) is 31.4 Å². The van der Waals surface area contributed by atoms with E-state index >= 15 is 0 Å². The molecule has 0 saturated carbocycles. The van der Waals surface area contributed by atoms with E-state index in [2.05, 4.69) is 0 Å². The van der Waals surface area contributed by atoms with E-state index in [-0.39, 0.29) is 25.0 Å². The largest absolute Gasteiger partial charge is 0.503 e.